The highest BCUT2D eigenvalue weighted by molar-refractivity contribution is 5.82. The van der Waals surface area contributed by atoms with Crippen molar-refractivity contribution in [3.63, 3.8) is 0 Å². The van der Waals surface area contributed by atoms with Crippen molar-refractivity contribution in [2.45, 2.75) is 0 Å². The Morgan fingerprint density at radius 3 is 1.94 bits per heavy atom. The van der Waals surface area contributed by atoms with Gasteiger partial charge in [0.1, 0.15) is 5.82 Å². The average Bonchev–Trinajstić information content (AvgIpc) is 2.90. The van der Waals surface area contributed by atoms with E-state index in [-0.39, 0.29) is 11.2 Å². The SMILES string of the molecule is O=c1cc(-c2ccccc2)[nH]c2ccccc12.[18F]c1cc(-c2ccccc2)nc2ccccc12. The van der Waals surface area contributed by atoms with E-state index in [1.165, 1.54) is 6.07 Å². The van der Waals surface area contributed by atoms with Crippen LogP contribution in [0, 0.1) is 5.82 Å². The van der Waals surface area contributed by atoms with Crippen LogP contribution in [0.1, 0.15) is 0 Å². The molecule has 0 bridgehead atoms. The lowest BCUT2D eigenvalue weighted by Crippen LogP contribution is -2.02. The minimum absolute atomic E-state index is 0.0539. The lowest BCUT2D eigenvalue weighted by molar-refractivity contribution is 0.639. The quantitative estimate of drug-likeness (QED) is 0.307. The van der Waals surface area contributed by atoms with Gasteiger partial charge in [-0.15, -0.1) is 0 Å². The van der Waals surface area contributed by atoms with Crippen LogP contribution >= 0.6 is 0 Å². The molecule has 2 heterocycles. The summed E-state index contributed by atoms with van der Waals surface area (Å²) in [7, 11) is 0. The van der Waals surface area contributed by atoms with Crippen molar-refractivity contribution in [1.29, 1.82) is 0 Å². The molecular weight excluding hydrogens is 422 g/mol. The van der Waals surface area contributed by atoms with Crippen LogP contribution in [0.15, 0.2) is 126 Å². The molecule has 0 aliphatic rings. The van der Waals surface area contributed by atoms with E-state index < -0.39 is 0 Å². The Labute approximate surface area is 196 Å². The predicted octanol–water partition coefficient (Wildman–Crippen LogP) is 7.24. The van der Waals surface area contributed by atoms with Gasteiger partial charge in [0.15, 0.2) is 5.43 Å². The van der Waals surface area contributed by atoms with Crippen LogP contribution in [-0.2, 0) is 0 Å². The number of hydrogen-bond acceptors (Lipinski definition) is 2. The lowest BCUT2D eigenvalue weighted by Gasteiger charge is -2.04. The molecule has 0 amide bonds. The van der Waals surface area contributed by atoms with E-state index in [9.17, 15) is 9.18 Å². The number of halogens is 1. The summed E-state index contributed by atoms with van der Waals surface area (Å²) < 4.78 is 13.9. The number of pyridine rings is 2. The molecule has 0 spiro atoms. The van der Waals surface area contributed by atoms with E-state index in [4.69, 9.17) is 0 Å². The first-order valence-corrected chi connectivity index (χ1v) is 11.0. The fraction of sp³-hybridized carbons (Fsp3) is 0. The van der Waals surface area contributed by atoms with Crippen molar-refractivity contribution in [1.82, 2.24) is 9.97 Å². The maximum Gasteiger partial charge on any atom is 0.190 e. The standard InChI is InChI=1S/C15H10FN.C15H11NO/c16-13-10-15(11-6-2-1-3-7-11)17-14-9-5-4-8-12(13)14;17-15-10-14(11-6-2-1-3-7-11)16-13-9-5-4-8-12(13)15/h1-10H;1-10H,(H,16,17)/i16-1;. The van der Waals surface area contributed by atoms with Crippen LogP contribution in [0.3, 0.4) is 0 Å². The van der Waals surface area contributed by atoms with Gasteiger partial charge in [0.05, 0.1) is 11.2 Å². The molecule has 0 saturated heterocycles. The Morgan fingerprint density at radius 1 is 0.618 bits per heavy atom. The zero-order chi connectivity index (χ0) is 23.3. The van der Waals surface area contributed by atoms with E-state index >= 15 is 0 Å². The van der Waals surface area contributed by atoms with Gasteiger partial charge in [-0.3, -0.25) is 4.79 Å². The number of nitrogens with one attached hydrogen (secondary N) is 1. The molecule has 1 N–H and O–H groups in total. The Hall–Kier alpha value is -4.57. The van der Waals surface area contributed by atoms with Crippen LogP contribution in [0.4, 0.5) is 4.39 Å². The molecule has 0 aliphatic heterocycles. The molecule has 3 nitrogen and oxygen atoms in total. The number of benzene rings is 4. The van der Waals surface area contributed by atoms with Crippen molar-refractivity contribution in [3.8, 4) is 22.5 Å². The number of hydrogen-bond donors (Lipinski definition) is 1. The Balaban J connectivity index is 0.000000142. The Kier molecular flexibility index (Phi) is 5.95. The molecule has 0 aliphatic carbocycles. The predicted molar refractivity (Wildman–Crippen MR) is 137 cm³/mol. The average molecular weight is 444 g/mol. The summed E-state index contributed by atoms with van der Waals surface area (Å²) >= 11 is 0. The minimum Gasteiger partial charge on any atom is -0.354 e. The second-order valence-electron chi connectivity index (χ2n) is 7.83. The summed E-state index contributed by atoms with van der Waals surface area (Å²) in [6.45, 7) is 0. The molecule has 0 radical (unpaired) electrons. The highest BCUT2D eigenvalue weighted by Crippen LogP contribution is 2.23. The number of aromatic nitrogens is 2. The molecule has 4 heteroatoms. The van der Waals surface area contributed by atoms with Gasteiger partial charge in [0.2, 0.25) is 0 Å². The van der Waals surface area contributed by atoms with E-state index in [1.807, 2.05) is 103 Å². The molecular formula is C30H21FN2O. The van der Waals surface area contributed by atoms with Crippen molar-refractivity contribution in [3.05, 3.63) is 137 Å². The highest BCUT2D eigenvalue weighted by atomic mass is 18.2. The number of aromatic amines is 1. The van der Waals surface area contributed by atoms with Gasteiger partial charge in [-0.1, -0.05) is 84.9 Å². The Bertz CT molecular complexity index is 1630. The third-order valence-corrected chi connectivity index (χ3v) is 5.56. The third-order valence-electron chi connectivity index (χ3n) is 5.56. The van der Waals surface area contributed by atoms with Crippen LogP contribution in [0.5, 0.6) is 0 Å². The number of fused-ring (bicyclic) bond motifs is 2. The molecule has 2 aromatic heterocycles. The normalized spacial score (nSPS) is 10.6. The second-order valence-corrected chi connectivity index (χ2v) is 7.83. The van der Waals surface area contributed by atoms with Crippen molar-refractivity contribution >= 4 is 21.8 Å². The van der Waals surface area contributed by atoms with Gasteiger partial charge in [-0.25, -0.2) is 9.37 Å². The number of para-hydroxylation sites is 2. The van der Waals surface area contributed by atoms with Crippen LogP contribution in [0.2, 0.25) is 0 Å². The first-order chi connectivity index (χ1) is 16.7. The number of rotatable bonds is 2. The maximum atomic E-state index is 13.9. The summed E-state index contributed by atoms with van der Waals surface area (Å²) in [5.74, 6) is -0.227. The summed E-state index contributed by atoms with van der Waals surface area (Å²) in [6, 6.07) is 37.4. The maximum absolute atomic E-state index is 13.9. The van der Waals surface area contributed by atoms with Gasteiger partial charge >= 0.3 is 0 Å². The van der Waals surface area contributed by atoms with Gasteiger partial charge in [0, 0.05) is 39.7 Å². The van der Waals surface area contributed by atoms with Crippen LogP contribution < -0.4 is 5.43 Å². The van der Waals surface area contributed by atoms with E-state index in [1.54, 1.807) is 12.1 Å². The molecule has 0 saturated carbocycles. The largest absolute Gasteiger partial charge is 0.354 e. The van der Waals surface area contributed by atoms with Crippen molar-refractivity contribution < 1.29 is 4.39 Å². The molecule has 0 fully saturated rings. The Morgan fingerprint density at radius 2 is 1.21 bits per heavy atom. The monoisotopic (exact) mass is 443 g/mol. The molecule has 6 aromatic rings. The number of nitrogens with zero attached hydrogens (tertiary/aromatic N) is 1. The zero-order valence-electron chi connectivity index (χ0n) is 18.3. The smallest absolute Gasteiger partial charge is 0.190 e. The fourth-order valence-electron chi connectivity index (χ4n) is 3.86. The molecule has 34 heavy (non-hydrogen) atoms. The summed E-state index contributed by atoms with van der Waals surface area (Å²) in [5.41, 5.74) is 5.09. The molecule has 0 unspecified atom stereocenters. The summed E-state index contributed by atoms with van der Waals surface area (Å²) in [5, 5.41) is 1.29. The lowest BCUT2D eigenvalue weighted by atomic mass is 10.1. The summed E-state index contributed by atoms with van der Waals surface area (Å²) in [4.78, 5) is 19.7. The van der Waals surface area contributed by atoms with Gasteiger partial charge in [0.25, 0.3) is 0 Å². The summed E-state index contributed by atoms with van der Waals surface area (Å²) in [6.07, 6.45) is 0. The molecule has 6 rings (SSSR count). The first-order valence-electron chi connectivity index (χ1n) is 11.0. The van der Waals surface area contributed by atoms with E-state index in [2.05, 4.69) is 9.97 Å². The van der Waals surface area contributed by atoms with Crippen molar-refractivity contribution in [2.24, 2.45) is 0 Å². The van der Waals surface area contributed by atoms with E-state index in [0.717, 1.165) is 27.7 Å². The minimum atomic E-state index is -0.227. The van der Waals surface area contributed by atoms with Crippen LogP contribution in [0.25, 0.3) is 44.3 Å². The fourth-order valence-corrected chi connectivity index (χ4v) is 3.86. The van der Waals surface area contributed by atoms with Crippen LogP contribution in [-0.4, -0.2) is 9.97 Å². The highest BCUT2D eigenvalue weighted by Gasteiger charge is 2.06. The number of H-pyrrole nitrogens is 1. The van der Waals surface area contributed by atoms with E-state index in [0.29, 0.717) is 16.6 Å². The molecule has 0 atom stereocenters. The van der Waals surface area contributed by atoms with Gasteiger partial charge in [-0.2, -0.15) is 0 Å². The molecule has 164 valence electrons. The third kappa shape index (κ3) is 4.48. The van der Waals surface area contributed by atoms with Crippen molar-refractivity contribution in [2.75, 3.05) is 0 Å². The first kappa shape index (κ1) is 21.3. The van der Waals surface area contributed by atoms with Gasteiger partial charge in [-0.05, 0) is 29.8 Å². The second kappa shape index (κ2) is 9.51. The zero-order valence-corrected chi connectivity index (χ0v) is 18.3. The molecule has 4 aromatic carbocycles. The topological polar surface area (TPSA) is 45.8 Å². The van der Waals surface area contributed by atoms with Gasteiger partial charge < -0.3 is 4.98 Å².